The standard InChI is InChI=1S/C16H23N5O2S2/c1-2-21-11-12(9-18-21)16-19-15(23-20-16)10-17-14(22)6-4-3-5-13-7-8-24-25-13/h9,11,13H,2-8,10H2,1H3,(H,17,22)/t13-/m0/s1. The number of unbranched alkanes of at least 4 members (excludes halogenated alkanes) is 1. The molecule has 3 rings (SSSR count). The van der Waals surface area contributed by atoms with Crippen LogP contribution < -0.4 is 5.32 Å². The minimum Gasteiger partial charge on any atom is -0.347 e. The topological polar surface area (TPSA) is 85.8 Å². The lowest BCUT2D eigenvalue weighted by molar-refractivity contribution is -0.121. The molecule has 7 nitrogen and oxygen atoms in total. The van der Waals surface area contributed by atoms with Crippen molar-refractivity contribution in [3.63, 3.8) is 0 Å². The van der Waals surface area contributed by atoms with Gasteiger partial charge in [-0.15, -0.1) is 0 Å². The third-order valence-electron chi connectivity index (χ3n) is 4.03. The van der Waals surface area contributed by atoms with Gasteiger partial charge in [0.05, 0.1) is 18.3 Å². The van der Waals surface area contributed by atoms with Crippen molar-refractivity contribution in [3.8, 4) is 11.4 Å². The molecule has 25 heavy (non-hydrogen) atoms. The summed E-state index contributed by atoms with van der Waals surface area (Å²) in [5, 5.41) is 11.7. The van der Waals surface area contributed by atoms with E-state index in [4.69, 9.17) is 4.52 Å². The Kier molecular flexibility index (Phi) is 6.80. The first-order valence-electron chi connectivity index (χ1n) is 8.65. The Bertz CT molecular complexity index is 682. The number of amides is 1. The van der Waals surface area contributed by atoms with Crippen LogP contribution in [0, 0.1) is 0 Å². The van der Waals surface area contributed by atoms with Crippen molar-refractivity contribution < 1.29 is 9.32 Å². The molecule has 1 fully saturated rings. The number of carbonyl (C=O) groups excluding carboxylic acids is 1. The molecule has 0 spiro atoms. The molecule has 1 amide bonds. The molecular weight excluding hydrogens is 358 g/mol. The fourth-order valence-electron chi connectivity index (χ4n) is 2.58. The molecular formula is C16H23N5O2S2. The predicted molar refractivity (Wildman–Crippen MR) is 100.0 cm³/mol. The average Bonchev–Trinajstić information content (AvgIpc) is 3.38. The van der Waals surface area contributed by atoms with Gasteiger partial charge in [0.2, 0.25) is 17.6 Å². The zero-order valence-electron chi connectivity index (χ0n) is 14.3. The molecule has 0 saturated carbocycles. The van der Waals surface area contributed by atoms with E-state index in [2.05, 4.69) is 20.6 Å². The average molecular weight is 382 g/mol. The Hall–Kier alpha value is -1.48. The monoisotopic (exact) mass is 381 g/mol. The van der Waals surface area contributed by atoms with Gasteiger partial charge in [-0.2, -0.15) is 10.1 Å². The van der Waals surface area contributed by atoms with Gasteiger partial charge in [0.1, 0.15) is 0 Å². The first-order chi connectivity index (χ1) is 12.2. The van der Waals surface area contributed by atoms with Crippen LogP contribution in [0.3, 0.4) is 0 Å². The van der Waals surface area contributed by atoms with E-state index < -0.39 is 0 Å². The number of nitrogens with zero attached hydrogens (tertiary/aromatic N) is 4. The Labute approximate surface area is 155 Å². The van der Waals surface area contributed by atoms with Gasteiger partial charge in [-0.25, -0.2) is 0 Å². The molecule has 1 atom stereocenters. The SMILES string of the molecule is CCn1cc(-c2noc(CNC(=O)CCCC[C@H]3CCSS3)n2)cn1. The Morgan fingerprint density at radius 2 is 2.40 bits per heavy atom. The van der Waals surface area contributed by atoms with Gasteiger partial charge in [0, 0.05) is 30.2 Å². The summed E-state index contributed by atoms with van der Waals surface area (Å²) in [5.41, 5.74) is 0.811. The zero-order chi connectivity index (χ0) is 17.5. The highest BCUT2D eigenvalue weighted by Gasteiger charge is 2.16. The maximum absolute atomic E-state index is 11.9. The quantitative estimate of drug-likeness (QED) is 0.527. The molecule has 2 aromatic rings. The maximum Gasteiger partial charge on any atom is 0.246 e. The van der Waals surface area contributed by atoms with E-state index in [1.807, 2.05) is 34.7 Å². The summed E-state index contributed by atoms with van der Waals surface area (Å²) in [6.45, 7) is 3.07. The van der Waals surface area contributed by atoms with E-state index >= 15 is 0 Å². The third kappa shape index (κ3) is 5.50. The third-order valence-corrected chi connectivity index (χ3v) is 7.03. The van der Waals surface area contributed by atoms with Crippen molar-refractivity contribution in [2.75, 3.05) is 5.75 Å². The molecule has 3 heterocycles. The zero-order valence-corrected chi connectivity index (χ0v) is 15.9. The summed E-state index contributed by atoms with van der Waals surface area (Å²) in [7, 11) is 3.96. The van der Waals surface area contributed by atoms with Crippen LogP contribution in [0.1, 0.15) is 44.9 Å². The van der Waals surface area contributed by atoms with Gasteiger partial charge in [-0.1, -0.05) is 33.2 Å². The van der Waals surface area contributed by atoms with Crippen molar-refractivity contribution in [3.05, 3.63) is 18.3 Å². The molecule has 136 valence electrons. The van der Waals surface area contributed by atoms with Gasteiger partial charge in [0.15, 0.2) is 0 Å². The summed E-state index contributed by atoms with van der Waals surface area (Å²) in [4.78, 5) is 16.2. The fraction of sp³-hybridized carbons (Fsp3) is 0.625. The molecule has 9 heteroatoms. The fourth-order valence-corrected chi connectivity index (χ4v) is 5.61. The second kappa shape index (κ2) is 9.28. The lowest BCUT2D eigenvalue weighted by atomic mass is 10.1. The van der Waals surface area contributed by atoms with Crippen LogP contribution in [0.15, 0.2) is 16.9 Å². The molecule has 0 bridgehead atoms. The molecule has 1 aliphatic heterocycles. The second-order valence-electron chi connectivity index (χ2n) is 5.95. The summed E-state index contributed by atoms with van der Waals surface area (Å²) >= 11 is 0. The van der Waals surface area contributed by atoms with Crippen LogP contribution in [-0.2, 0) is 17.9 Å². The minimum atomic E-state index is 0.0343. The second-order valence-corrected chi connectivity index (χ2v) is 8.74. The van der Waals surface area contributed by atoms with E-state index in [9.17, 15) is 4.79 Å². The lowest BCUT2D eigenvalue weighted by Gasteiger charge is -2.06. The summed E-state index contributed by atoms with van der Waals surface area (Å²) in [6.07, 6.45) is 8.68. The van der Waals surface area contributed by atoms with Crippen LogP contribution in [-0.4, -0.2) is 36.8 Å². The summed E-state index contributed by atoms with van der Waals surface area (Å²) < 4.78 is 6.99. The maximum atomic E-state index is 11.9. The molecule has 0 aromatic carbocycles. The number of hydrogen-bond donors (Lipinski definition) is 1. The van der Waals surface area contributed by atoms with Crippen LogP contribution in [0.4, 0.5) is 0 Å². The molecule has 1 saturated heterocycles. The summed E-state index contributed by atoms with van der Waals surface area (Å²) in [6, 6.07) is 0. The Balaban J connectivity index is 1.35. The minimum absolute atomic E-state index is 0.0343. The summed E-state index contributed by atoms with van der Waals surface area (Å²) in [5.74, 6) is 2.20. The van der Waals surface area contributed by atoms with E-state index in [1.54, 1.807) is 10.9 Å². The van der Waals surface area contributed by atoms with Crippen molar-refractivity contribution in [1.29, 1.82) is 0 Å². The Morgan fingerprint density at radius 1 is 1.48 bits per heavy atom. The Morgan fingerprint density at radius 3 is 3.16 bits per heavy atom. The van der Waals surface area contributed by atoms with Crippen molar-refractivity contribution >= 4 is 27.5 Å². The van der Waals surface area contributed by atoms with E-state index in [1.165, 1.54) is 18.6 Å². The van der Waals surface area contributed by atoms with Crippen LogP contribution in [0.2, 0.25) is 0 Å². The first-order valence-corrected chi connectivity index (χ1v) is 11.0. The van der Waals surface area contributed by atoms with Crippen molar-refractivity contribution in [2.24, 2.45) is 0 Å². The largest absolute Gasteiger partial charge is 0.347 e. The molecule has 1 N–H and O–H groups in total. The number of aromatic nitrogens is 4. The normalized spacial score (nSPS) is 17.1. The van der Waals surface area contributed by atoms with Crippen LogP contribution in [0.5, 0.6) is 0 Å². The molecule has 2 aromatic heterocycles. The highest BCUT2D eigenvalue weighted by Crippen LogP contribution is 2.39. The number of hydrogen-bond acceptors (Lipinski definition) is 7. The number of aryl methyl sites for hydroxylation is 1. The molecule has 0 aliphatic carbocycles. The van der Waals surface area contributed by atoms with Crippen LogP contribution >= 0.6 is 21.6 Å². The van der Waals surface area contributed by atoms with Crippen LogP contribution in [0.25, 0.3) is 11.4 Å². The van der Waals surface area contributed by atoms with Gasteiger partial charge >= 0.3 is 0 Å². The predicted octanol–water partition coefficient (Wildman–Crippen LogP) is 3.28. The number of rotatable bonds is 9. The highest BCUT2D eigenvalue weighted by molar-refractivity contribution is 8.77. The first kappa shape index (κ1) is 18.3. The molecule has 1 aliphatic rings. The van der Waals surface area contributed by atoms with E-state index in [0.29, 0.717) is 18.1 Å². The smallest absolute Gasteiger partial charge is 0.246 e. The van der Waals surface area contributed by atoms with Gasteiger partial charge in [-0.3, -0.25) is 9.48 Å². The molecule has 0 radical (unpaired) electrons. The lowest BCUT2D eigenvalue weighted by Crippen LogP contribution is -2.22. The van der Waals surface area contributed by atoms with Crippen molar-refractivity contribution in [2.45, 2.75) is 57.4 Å². The number of carbonyl (C=O) groups is 1. The van der Waals surface area contributed by atoms with Gasteiger partial charge in [-0.05, 0) is 26.2 Å². The number of nitrogens with one attached hydrogen (secondary N) is 1. The van der Waals surface area contributed by atoms with E-state index in [-0.39, 0.29) is 12.5 Å². The molecule has 0 unspecified atom stereocenters. The van der Waals surface area contributed by atoms with Gasteiger partial charge in [0.25, 0.3) is 0 Å². The van der Waals surface area contributed by atoms with E-state index in [0.717, 1.165) is 30.2 Å². The van der Waals surface area contributed by atoms with Gasteiger partial charge < -0.3 is 9.84 Å². The van der Waals surface area contributed by atoms with Crippen molar-refractivity contribution in [1.82, 2.24) is 25.2 Å². The highest BCUT2D eigenvalue weighted by atomic mass is 33.1.